The first-order valence-corrected chi connectivity index (χ1v) is 4.95. The molecule has 0 amide bonds. The van der Waals surface area contributed by atoms with Crippen molar-refractivity contribution in [3.63, 3.8) is 0 Å². The average Bonchev–Trinajstić information content (AvgIpc) is 2.09. The molecule has 0 spiro atoms. The van der Waals surface area contributed by atoms with Gasteiger partial charge in [-0.15, -0.1) is 0 Å². The molecule has 13 heavy (non-hydrogen) atoms. The fourth-order valence-electron chi connectivity index (χ4n) is 0.869. The number of hydrogen-bond acceptors (Lipinski definition) is 3. The Bertz CT molecular complexity index is 411. The number of rotatable bonds is 2. The van der Waals surface area contributed by atoms with Gasteiger partial charge in [0.05, 0.1) is 12.0 Å². The molecule has 0 saturated carbocycles. The summed E-state index contributed by atoms with van der Waals surface area (Å²) in [5.41, 5.74) is 0.276. The molecule has 1 aromatic carbocycles. The molecule has 0 heterocycles. The van der Waals surface area contributed by atoms with Crippen molar-refractivity contribution in [1.29, 1.82) is 0 Å². The third-order valence-electron chi connectivity index (χ3n) is 1.64. The molecular formula is C8H9FO3S. The molecule has 0 bridgehead atoms. The third-order valence-corrected chi connectivity index (χ3v) is 2.91. The summed E-state index contributed by atoms with van der Waals surface area (Å²) in [5.74, 6) is -0.435. The molecule has 3 nitrogen and oxygen atoms in total. The molecule has 0 aromatic heterocycles. The highest BCUT2D eigenvalue weighted by Crippen LogP contribution is 2.15. The van der Waals surface area contributed by atoms with E-state index in [4.69, 9.17) is 0 Å². The number of benzene rings is 1. The smallest absolute Gasteiger partial charge is 0.270 e. The zero-order chi connectivity index (χ0) is 10.1. The number of halogens is 1. The van der Waals surface area contributed by atoms with Crippen molar-refractivity contribution in [1.82, 2.24) is 0 Å². The Kier molecular flexibility index (Phi) is 2.68. The lowest BCUT2D eigenvalue weighted by Gasteiger charge is -2.02. The van der Waals surface area contributed by atoms with Crippen LogP contribution in [0.2, 0.25) is 0 Å². The molecule has 0 aliphatic carbocycles. The predicted octanol–water partition coefficient (Wildman–Crippen LogP) is 1.47. The van der Waals surface area contributed by atoms with Crippen molar-refractivity contribution in [3.05, 3.63) is 29.6 Å². The Labute approximate surface area is 76.3 Å². The number of aryl methyl sites for hydroxylation is 1. The van der Waals surface area contributed by atoms with Crippen molar-refractivity contribution in [2.24, 2.45) is 0 Å². The van der Waals surface area contributed by atoms with E-state index in [2.05, 4.69) is 4.18 Å². The van der Waals surface area contributed by atoms with Gasteiger partial charge < -0.3 is 0 Å². The normalized spacial score (nSPS) is 11.6. The molecule has 0 aliphatic heterocycles. The molecule has 0 N–H and O–H groups in total. The largest absolute Gasteiger partial charge is 0.296 e. The maximum Gasteiger partial charge on any atom is 0.296 e. The molecule has 72 valence electrons. The summed E-state index contributed by atoms with van der Waals surface area (Å²) < 4.78 is 39.3. The van der Waals surface area contributed by atoms with Crippen molar-refractivity contribution >= 4 is 10.1 Å². The minimum absolute atomic E-state index is 0.0334. The quantitative estimate of drug-likeness (QED) is 0.685. The van der Waals surface area contributed by atoms with E-state index in [0.29, 0.717) is 0 Å². The highest BCUT2D eigenvalue weighted by Gasteiger charge is 2.13. The van der Waals surface area contributed by atoms with E-state index in [0.717, 1.165) is 13.2 Å². The van der Waals surface area contributed by atoms with Gasteiger partial charge in [-0.1, -0.05) is 0 Å². The van der Waals surface area contributed by atoms with Crippen LogP contribution >= 0.6 is 0 Å². The molecule has 0 unspecified atom stereocenters. The van der Waals surface area contributed by atoms with Gasteiger partial charge in [0, 0.05) is 0 Å². The lowest BCUT2D eigenvalue weighted by Crippen LogP contribution is -2.03. The van der Waals surface area contributed by atoms with Crippen LogP contribution in [0, 0.1) is 12.7 Å². The van der Waals surface area contributed by atoms with Crippen molar-refractivity contribution < 1.29 is 17.0 Å². The first kappa shape index (κ1) is 10.1. The minimum Gasteiger partial charge on any atom is -0.270 e. The van der Waals surface area contributed by atoms with Crippen LogP contribution in [0.25, 0.3) is 0 Å². The summed E-state index contributed by atoms with van der Waals surface area (Å²) in [5, 5.41) is 0. The Balaban J connectivity index is 3.27. The summed E-state index contributed by atoms with van der Waals surface area (Å²) in [4.78, 5) is -0.0334. The number of hydrogen-bond donors (Lipinski definition) is 0. The summed E-state index contributed by atoms with van der Waals surface area (Å²) in [7, 11) is -2.64. The van der Waals surface area contributed by atoms with Gasteiger partial charge in [-0.25, -0.2) is 4.39 Å². The van der Waals surface area contributed by atoms with E-state index < -0.39 is 15.9 Å². The van der Waals surface area contributed by atoms with Crippen LogP contribution in [0.5, 0.6) is 0 Å². The van der Waals surface area contributed by atoms with Crippen LogP contribution in [0.3, 0.4) is 0 Å². The average molecular weight is 204 g/mol. The van der Waals surface area contributed by atoms with Crippen LogP contribution in [0.1, 0.15) is 5.56 Å². The second kappa shape index (κ2) is 3.43. The fourth-order valence-corrected chi connectivity index (χ4v) is 1.62. The highest BCUT2D eigenvalue weighted by molar-refractivity contribution is 7.86. The Hall–Kier alpha value is -0.940. The summed E-state index contributed by atoms with van der Waals surface area (Å²) >= 11 is 0. The second-order valence-corrected chi connectivity index (χ2v) is 4.24. The summed E-state index contributed by atoms with van der Waals surface area (Å²) in [6, 6.07) is 3.50. The Morgan fingerprint density at radius 1 is 1.38 bits per heavy atom. The fraction of sp³-hybridized carbons (Fsp3) is 0.250. The molecule has 0 saturated heterocycles. The van der Waals surface area contributed by atoms with Crippen LogP contribution in [0.15, 0.2) is 23.1 Å². The molecule has 0 aliphatic rings. The maximum atomic E-state index is 12.8. The lowest BCUT2D eigenvalue weighted by molar-refractivity contribution is 0.397. The zero-order valence-electron chi connectivity index (χ0n) is 7.24. The van der Waals surface area contributed by atoms with Gasteiger partial charge in [-0.05, 0) is 30.7 Å². The lowest BCUT2D eigenvalue weighted by atomic mass is 10.2. The first-order chi connectivity index (χ1) is 5.97. The predicted molar refractivity (Wildman–Crippen MR) is 45.3 cm³/mol. The van der Waals surface area contributed by atoms with Gasteiger partial charge in [-0.2, -0.15) is 8.42 Å². The standard InChI is InChI=1S/C8H9FO3S/c1-6-5-7(3-4-8(6)9)13(10,11)12-2/h3-5H,1-2H3. The van der Waals surface area contributed by atoms with Crippen LogP contribution < -0.4 is 0 Å². The van der Waals surface area contributed by atoms with E-state index in [9.17, 15) is 12.8 Å². The monoisotopic (exact) mass is 204 g/mol. The molecule has 0 radical (unpaired) electrons. The maximum absolute atomic E-state index is 12.8. The Morgan fingerprint density at radius 3 is 2.46 bits per heavy atom. The van der Waals surface area contributed by atoms with E-state index >= 15 is 0 Å². The van der Waals surface area contributed by atoms with Crippen LogP contribution in [-0.2, 0) is 14.3 Å². The SMILES string of the molecule is COS(=O)(=O)c1ccc(F)c(C)c1. The summed E-state index contributed by atoms with van der Waals surface area (Å²) in [6.45, 7) is 1.49. The van der Waals surface area contributed by atoms with E-state index in [1.54, 1.807) is 0 Å². The van der Waals surface area contributed by atoms with Crippen molar-refractivity contribution in [3.8, 4) is 0 Å². The minimum atomic E-state index is -3.70. The molecule has 0 fully saturated rings. The van der Waals surface area contributed by atoms with E-state index in [-0.39, 0.29) is 10.5 Å². The van der Waals surface area contributed by atoms with Gasteiger partial charge in [0.25, 0.3) is 10.1 Å². The van der Waals surface area contributed by atoms with E-state index in [1.807, 2.05) is 0 Å². The van der Waals surface area contributed by atoms with Gasteiger partial charge in [0.2, 0.25) is 0 Å². The van der Waals surface area contributed by atoms with Gasteiger partial charge in [-0.3, -0.25) is 4.18 Å². The molecule has 0 atom stereocenters. The van der Waals surface area contributed by atoms with Crippen molar-refractivity contribution in [2.45, 2.75) is 11.8 Å². The van der Waals surface area contributed by atoms with E-state index in [1.165, 1.54) is 19.1 Å². The van der Waals surface area contributed by atoms with Crippen LogP contribution in [-0.4, -0.2) is 15.5 Å². The van der Waals surface area contributed by atoms with Gasteiger partial charge in [0.1, 0.15) is 5.82 Å². The molecule has 1 aromatic rings. The Morgan fingerprint density at radius 2 is 2.00 bits per heavy atom. The third kappa shape index (κ3) is 2.05. The molecule has 1 rings (SSSR count). The summed E-state index contributed by atoms with van der Waals surface area (Å²) in [6.07, 6.45) is 0. The van der Waals surface area contributed by atoms with Gasteiger partial charge in [0.15, 0.2) is 0 Å². The van der Waals surface area contributed by atoms with Gasteiger partial charge >= 0.3 is 0 Å². The van der Waals surface area contributed by atoms with Crippen molar-refractivity contribution in [2.75, 3.05) is 7.11 Å². The molecule has 5 heteroatoms. The highest BCUT2D eigenvalue weighted by atomic mass is 32.2. The first-order valence-electron chi connectivity index (χ1n) is 3.54. The zero-order valence-corrected chi connectivity index (χ0v) is 8.06. The van der Waals surface area contributed by atoms with Crippen LogP contribution in [0.4, 0.5) is 4.39 Å². The topological polar surface area (TPSA) is 43.4 Å². The second-order valence-electron chi connectivity index (χ2n) is 2.53. The molecular weight excluding hydrogens is 195 g/mol.